The lowest BCUT2D eigenvalue weighted by Crippen LogP contribution is -2.29. The van der Waals surface area contributed by atoms with Crippen molar-refractivity contribution in [1.82, 2.24) is 15.1 Å². The molecule has 146 valence electrons. The molecule has 1 aromatic heterocycles. The second-order valence-corrected chi connectivity index (χ2v) is 9.77. The SMILES string of the molecule is Cc1cccc(-c2nn(Cc3ccccc3)cc2CNC2CCS(=O)(=O)C2)c1. The van der Waals surface area contributed by atoms with Crippen LogP contribution in [-0.4, -0.2) is 35.7 Å². The summed E-state index contributed by atoms with van der Waals surface area (Å²) in [5.74, 6) is 0.508. The molecule has 3 aromatic rings. The molecule has 1 aliphatic heterocycles. The molecule has 5 nitrogen and oxygen atoms in total. The first-order chi connectivity index (χ1) is 13.5. The molecule has 0 spiro atoms. The smallest absolute Gasteiger partial charge is 0.151 e. The van der Waals surface area contributed by atoms with Gasteiger partial charge in [-0.2, -0.15) is 5.10 Å². The van der Waals surface area contributed by atoms with Crippen LogP contribution in [0, 0.1) is 6.92 Å². The molecule has 28 heavy (non-hydrogen) atoms. The summed E-state index contributed by atoms with van der Waals surface area (Å²) < 4.78 is 25.4. The maximum absolute atomic E-state index is 11.7. The molecule has 4 rings (SSSR count). The molecule has 1 fully saturated rings. The highest BCUT2D eigenvalue weighted by Crippen LogP contribution is 2.24. The van der Waals surface area contributed by atoms with Gasteiger partial charge in [-0.1, -0.05) is 54.1 Å². The van der Waals surface area contributed by atoms with Gasteiger partial charge in [0, 0.05) is 29.9 Å². The molecule has 2 aromatic carbocycles. The fourth-order valence-electron chi connectivity index (χ4n) is 3.69. The molecule has 0 saturated carbocycles. The Morgan fingerprint density at radius 3 is 2.68 bits per heavy atom. The van der Waals surface area contributed by atoms with Crippen molar-refractivity contribution in [1.29, 1.82) is 0 Å². The summed E-state index contributed by atoms with van der Waals surface area (Å²) in [5.41, 5.74) is 5.51. The molecule has 1 N–H and O–H groups in total. The monoisotopic (exact) mass is 395 g/mol. The Labute approximate surface area is 166 Å². The molecule has 0 amide bonds. The van der Waals surface area contributed by atoms with Crippen LogP contribution < -0.4 is 5.32 Å². The Hall–Kier alpha value is -2.44. The van der Waals surface area contributed by atoms with E-state index in [4.69, 9.17) is 5.10 Å². The third kappa shape index (κ3) is 4.51. The highest BCUT2D eigenvalue weighted by molar-refractivity contribution is 7.91. The van der Waals surface area contributed by atoms with Crippen molar-refractivity contribution >= 4 is 9.84 Å². The third-order valence-electron chi connectivity index (χ3n) is 5.13. The average molecular weight is 396 g/mol. The van der Waals surface area contributed by atoms with Gasteiger partial charge in [-0.25, -0.2) is 8.42 Å². The Bertz CT molecular complexity index is 1060. The van der Waals surface area contributed by atoms with Crippen LogP contribution >= 0.6 is 0 Å². The minimum atomic E-state index is -2.89. The van der Waals surface area contributed by atoms with E-state index in [2.05, 4.69) is 48.8 Å². The van der Waals surface area contributed by atoms with E-state index in [1.807, 2.05) is 28.9 Å². The van der Waals surface area contributed by atoms with Crippen molar-refractivity contribution in [3.05, 3.63) is 77.5 Å². The minimum absolute atomic E-state index is 0.0211. The van der Waals surface area contributed by atoms with Gasteiger partial charge in [-0.05, 0) is 25.0 Å². The van der Waals surface area contributed by atoms with Gasteiger partial charge in [0.1, 0.15) is 0 Å². The quantitative estimate of drug-likeness (QED) is 0.696. The van der Waals surface area contributed by atoms with Crippen LogP contribution in [-0.2, 0) is 22.9 Å². The van der Waals surface area contributed by atoms with Crippen LogP contribution in [0.5, 0.6) is 0 Å². The predicted molar refractivity (Wildman–Crippen MR) is 112 cm³/mol. The van der Waals surface area contributed by atoms with Crippen molar-refractivity contribution in [2.24, 2.45) is 0 Å². The van der Waals surface area contributed by atoms with Gasteiger partial charge in [0.2, 0.25) is 0 Å². The van der Waals surface area contributed by atoms with Gasteiger partial charge < -0.3 is 5.32 Å². The zero-order valence-corrected chi connectivity index (χ0v) is 16.8. The van der Waals surface area contributed by atoms with E-state index in [9.17, 15) is 8.42 Å². The summed E-state index contributed by atoms with van der Waals surface area (Å²) in [6.45, 7) is 3.39. The largest absolute Gasteiger partial charge is 0.309 e. The first kappa shape index (κ1) is 18.9. The van der Waals surface area contributed by atoms with Gasteiger partial charge in [0.05, 0.1) is 23.7 Å². The summed E-state index contributed by atoms with van der Waals surface area (Å²) in [4.78, 5) is 0. The van der Waals surface area contributed by atoms with Crippen LogP contribution in [0.3, 0.4) is 0 Å². The number of aryl methyl sites for hydroxylation is 1. The average Bonchev–Trinajstić information content (AvgIpc) is 3.23. The summed E-state index contributed by atoms with van der Waals surface area (Å²) in [7, 11) is -2.89. The summed E-state index contributed by atoms with van der Waals surface area (Å²) in [6, 6.07) is 18.6. The molecular formula is C22H25N3O2S. The maximum atomic E-state index is 11.7. The second-order valence-electron chi connectivity index (χ2n) is 7.54. The van der Waals surface area contributed by atoms with Crippen molar-refractivity contribution in [2.75, 3.05) is 11.5 Å². The topological polar surface area (TPSA) is 64.0 Å². The van der Waals surface area contributed by atoms with Crippen molar-refractivity contribution < 1.29 is 8.42 Å². The van der Waals surface area contributed by atoms with Gasteiger partial charge >= 0.3 is 0 Å². The first-order valence-electron chi connectivity index (χ1n) is 9.60. The van der Waals surface area contributed by atoms with Crippen LogP contribution in [0.1, 0.15) is 23.1 Å². The van der Waals surface area contributed by atoms with Gasteiger partial charge in [-0.15, -0.1) is 0 Å². The molecule has 1 aliphatic rings. The van der Waals surface area contributed by atoms with E-state index >= 15 is 0 Å². The number of aromatic nitrogens is 2. The zero-order valence-electron chi connectivity index (χ0n) is 16.0. The van der Waals surface area contributed by atoms with Crippen LogP contribution in [0.4, 0.5) is 0 Å². The maximum Gasteiger partial charge on any atom is 0.151 e. The molecule has 0 aliphatic carbocycles. The van der Waals surface area contributed by atoms with Gasteiger partial charge in [0.15, 0.2) is 9.84 Å². The van der Waals surface area contributed by atoms with E-state index in [-0.39, 0.29) is 17.5 Å². The Balaban J connectivity index is 1.59. The van der Waals surface area contributed by atoms with E-state index < -0.39 is 9.84 Å². The highest BCUT2D eigenvalue weighted by atomic mass is 32.2. The van der Waals surface area contributed by atoms with Crippen molar-refractivity contribution in [2.45, 2.75) is 32.5 Å². The Kier molecular flexibility index (Phi) is 5.33. The van der Waals surface area contributed by atoms with Crippen LogP contribution in [0.25, 0.3) is 11.3 Å². The molecule has 2 heterocycles. The number of benzene rings is 2. The molecule has 0 radical (unpaired) electrons. The molecule has 6 heteroatoms. The number of nitrogens with zero attached hydrogens (tertiary/aromatic N) is 2. The van der Waals surface area contributed by atoms with Crippen LogP contribution in [0.2, 0.25) is 0 Å². The predicted octanol–water partition coefficient (Wildman–Crippen LogP) is 3.18. The Morgan fingerprint density at radius 2 is 1.96 bits per heavy atom. The molecule has 1 atom stereocenters. The number of nitrogens with one attached hydrogen (secondary N) is 1. The molecule has 1 unspecified atom stereocenters. The zero-order chi connectivity index (χ0) is 19.6. The third-order valence-corrected chi connectivity index (χ3v) is 6.90. The van der Waals surface area contributed by atoms with Crippen molar-refractivity contribution in [3.8, 4) is 11.3 Å². The summed E-state index contributed by atoms with van der Waals surface area (Å²) >= 11 is 0. The van der Waals surface area contributed by atoms with E-state index in [1.165, 1.54) is 11.1 Å². The van der Waals surface area contributed by atoms with Gasteiger partial charge in [-0.3, -0.25) is 4.68 Å². The lowest BCUT2D eigenvalue weighted by atomic mass is 10.1. The lowest BCUT2D eigenvalue weighted by molar-refractivity contribution is 0.554. The van der Waals surface area contributed by atoms with E-state index in [0.717, 1.165) is 16.8 Å². The second kappa shape index (κ2) is 7.89. The minimum Gasteiger partial charge on any atom is -0.309 e. The van der Waals surface area contributed by atoms with Gasteiger partial charge in [0.25, 0.3) is 0 Å². The number of sulfone groups is 1. The standard InChI is InChI=1S/C22H25N3O2S/c1-17-6-5-9-19(12-17)22-20(13-23-21-10-11-28(26,27)16-21)15-25(24-22)14-18-7-3-2-4-8-18/h2-9,12,15,21,23H,10-11,13-14,16H2,1H3. The van der Waals surface area contributed by atoms with Crippen molar-refractivity contribution in [3.63, 3.8) is 0 Å². The molecule has 1 saturated heterocycles. The van der Waals surface area contributed by atoms with E-state index in [1.54, 1.807) is 0 Å². The summed E-state index contributed by atoms with van der Waals surface area (Å²) in [5, 5.41) is 8.27. The number of hydrogen-bond donors (Lipinski definition) is 1. The first-order valence-corrected chi connectivity index (χ1v) is 11.4. The number of hydrogen-bond acceptors (Lipinski definition) is 4. The Morgan fingerprint density at radius 1 is 1.14 bits per heavy atom. The highest BCUT2D eigenvalue weighted by Gasteiger charge is 2.27. The fourth-order valence-corrected chi connectivity index (χ4v) is 5.40. The molecular weight excluding hydrogens is 370 g/mol. The number of rotatable bonds is 6. The summed E-state index contributed by atoms with van der Waals surface area (Å²) in [6.07, 6.45) is 2.75. The van der Waals surface area contributed by atoms with Crippen LogP contribution in [0.15, 0.2) is 60.8 Å². The fraction of sp³-hybridized carbons (Fsp3) is 0.318. The lowest BCUT2D eigenvalue weighted by Gasteiger charge is -2.10. The normalized spacial score (nSPS) is 18.4. The molecule has 0 bridgehead atoms. The van der Waals surface area contributed by atoms with E-state index in [0.29, 0.717) is 19.5 Å².